The molecular weight excluding hydrogens is 812 g/mol. The Hall–Kier alpha value is -8.54. The van der Waals surface area contributed by atoms with E-state index in [1.807, 2.05) is 0 Å². The summed E-state index contributed by atoms with van der Waals surface area (Å²) in [5.74, 6) is 0. The molecule has 67 heavy (non-hydrogen) atoms. The lowest BCUT2D eigenvalue weighted by molar-refractivity contribution is 1.17. The first-order valence-electron chi connectivity index (χ1n) is 23.2. The van der Waals surface area contributed by atoms with E-state index in [1.54, 1.807) is 0 Å². The van der Waals surface area contributed by atoms with Gasteiger partial charge in [-0.25, -0.2) is 0 Å². The van der Waals surface area contributed by atoms with Crippen LogP contribution in [0.4, 0.5) is 51.2 Å². The van der Waals surface area contributed by atoms with Crippen molar-refractivity contribution in [2.45, 2.75) is 13.8 Å². The van der Waals surface area contributed by atoms with Crippen LogP contribution in [0.5, 0.6) is 0 Å². The molecule has 5 heteroatoms. The maximum Gasteiger partial charge on any atom is 0.252 e. The number of para-hydroxylation sites is 4. The van der Waals surface area contributed by atoms with Crippen molar-refractivity contribution in [3.05, 3.63) is 248 Å². The van der Waals surface area contributed by atoms with E-state index in [4.69, 9.17) is 0 Å². The monoisotopic (exact) mass is 856 g/mol. The number of aryl methyl sites for hydroxylation is 2. The van der Waals surface area contributed by atoms with Gasteiger partial charge in [-0.3, -0.25) is 0 Å². The van der Waals surface area contributed by atoms with Gasteiger partial charge in [0.25, 0.3) is 6.71 Å². The van der Waals surface area contributed by atoms with Gasteiger partial charge in [-0.05, 0) is 132 Å². The summed E-state index contributed by atoms with van der Waals surface area (Å²) in [4.78, 5) is 7.45. The summed E-state index contributed by atoms with van der Waals surface area (Å²) in [5, 5.41) is 2.44. The van der Waals surface area contributed by atoms with E-state index < -0.39 is 0 Å². The molecule has 2 aliphatic rings. The van der Waals surface area contributed by atoms with Crippen LogP contribution in [0.2, 0.25) is 0 Å². The number of benzene rings is 10. The second kappa shape index (κ2) is 15.6. The largest absolute Gasteiger partial charge is 0.311 e. The summed E-state index contributed by atoms with van der Waals surface area (Å²) >= 11 is 0. The zero-order valence-electron chi connectivity index (χ0n) is 37.4. The van der Waals surface area contributed by atoms with E-state index in [1.165, 1.54) is 72.0 Å². The molecule has 0 saturated carbocycles. The predicted molar refractivity (Wildman–Crippen MR) is 284 cm³/mol. The molecule has 0 N–H and O–H groups in total. The average molecular weight is 857 g/mol. The van der Waals surface area contributed by atoms with Crippen molar-refractivity contribution in [2.24, 2.45) is 0 Å². The number of fused-ring (bicyclic) bond motifs is 7. The molecule has 1 aromatic heterocycles. The molecule has 0 atom stereocenters. The number of nitrogens with zero attached hydrogens (tertiary/aromatic N) is 4. The molecule has 10 aromatic carbocycles. The molecule has 0 fully saturated rings. The lowest BCUT2D eigenvalue weighted by atomic mass is 9.33. The van der Waals surface area contributed by atoms with Crippen LogP contribution in [-0.4, -0.2) is 11.3 Å². The van der Waals surface area contributed by atoms with Gasteiger partial charge in [-0.15, -0.1) is 0 Å². The molecule has 0 unspecified atom stereocenters. The molecular formula is C62H45BN4. The molecule has 11 aromatic rings. The minimum atomic E-state index is 0.000842. The third kappa shape index (κ3) is 6.23. The van der Waals surface area contributed by atoms with Gasteiger partial charge in [0.2, 0.25) is 0 Å². The first kappa shape index (κ1) is 38.9. The van der Waals surface area contributed by atoms with Crippen LogP contribution in [-0.2, 0) is 0 Å². The average Bonchev–Trinajstić information content (AvgIpc) is 3.73. The number of hydrogen-bond donors (Lipinski definition) is 0. The molecule has 13 rings (SSSR count). The molecule has 316 valence electrons. The van der Waals surface area contributed by atoms with Gasteiger partial charge in [-0.1, -0.05) is 157 Å². The number of anilines is 9. The highest BCUT2D eigenvalue weighted by Gasteiger charge is 2.43. The summed E-state index contributed by atoms with van der Waals surface area (Å²) in [7, 11) is 0. The van der Waals surface area contributed by atoms with Gasteiger partial charge in [0.15, 0.2) is 0 Å². The van der Waals surface area contributed by atoms with Gasteiger partial charge in [0.1, 0.15) is 0 Å². The molecule has 4 nitrogen and oxygen atoms in total. The lowest BCUT2D eigenvalue weighted by Gasteiger charge is -2.44. The van der Waals surface area contributed by atoms with Crippen molar-refractivity contribution in [1.82, 2.24) is 4.57 Å². The second-order valence-corrected chi connectivity index (χ2v) is 17.9. The van der Waals surface area contributed by atoms with Crippen LogP contribution in [0.25, 0.3) is 38.6 Å². The van der Waals surface area contributed by atoms with Crippen molar-refractivity contribution < 1.29 is 0 Å². The van der Waals surface area contributed by atoms with Gasteiger partial charge in [-0.2, -0.15) is 0 Å². The maximum absolute atomic E-state index is 2.52. The minimum absolute atomic E-state index is 0.000842. The van der Waals surface area contributed by atoms with Crippen LogP contribution in [0.3, 0.4) is 0 Å². The second-order valence-electron chi connectivity index (χ2n) is 17.9. The van der Waals surface area contributed by atoms with Crippen molar-refractivity contribution in [2.75, 3.05) is 14.7 Å². The Morgan fingerprint density at radius 1 is 0.373 bits per heavy atom. The van der Waals surface area contributed by atoms with Gasteiger partial charge in [0, 0.05) is 62.0 Å². The van der Waals surface area contributed by atoms with Gasteiger partial charge in [0.05, 0.1) is 16.7 Å². The number of hydrogen-bond acceptors (Lipinski definition) is 3. The Labute approximate surface area is 391 Å². The van der Waals surface area contributed by atoms with Crippen LogP contribution in [0.15, 0.2) is 237 Å². The molecule has 0 aliphatic carbocycles. The summed E-state index contributed by atoms with van der Waals surface area (Å²) < 4.78 is 2.44. The third-order valence-corrected chi connectivity index (χ3v) is 13.9. The van der Waals surface area contributed by atoms with Crippen LogP contribution in [0, 0.1) is 13.8 Å². The first-order chi connectivity index (χ1) is 33.1. The van der Waals surface area contributed by atoms with E-state index in [9.17, 15) is 0 Å². The lowest BCUT2D eigenvalue weighted by Crippen LogP contribution is -2.61. The van der Waals surface area contributed by atoms with E-state index in [2.05, 4.69) is 270 Å². The molecule has 2 aliphatic heterocycles. The Bertz CT molecular complexity index is 3660. The highest BCUT2D eigenvalue weighted by Crippen LogP contribution is 2.48. The standard InChI is InChI=1S/C62H45BN4/c1-42-28-33-48(34-29-42)65-56-39-30-43(2)40-54(56)63-53-38-37-50(41-60(53)66(58-26-15-25-57(65)61(58)63)49-35-31-45(32-36-49)44-16-6-3-7-17-44)64(46-18-8-4-9-19-46)59-27-14-23-52-51-22-12-13-24-55(51)67(62(52)59)47-20-10-5-11-21-47/h3-41H,1-2H3. The van der Waals surface area contributed by atoms with E-state index in [0.717, 1.165) is 45.3 Å². The van der Waals surface area contributed by atoms with Crippen LogP contribution >= 0.6 is 0 Å². The molecule has 0 amide bonds. The summed E-state index contributed by atoms with van der Waals surface area (Å²) in [6.45, 7) is 4.38. The van der Waals surface area contributed by atoms with Crippen LogP contribution in [0.1, 0.15) is 11.1 Å². The normalized spacial score (nSPS) is 12.5. The van der Waals surface area contributed by atoms with E-state index in [0.29, 0.717) is 0 Å². The molecule has 0 radical (unpaired) electrons. The third-order valence-electron chi connectivity index (χ3n) is 13.9. The van der Waals surface area contributed by atoms with Gasteiger partial charge >= 0.3 is 0 Å². The predicted octanol–water partition coefficient (Wildman–Crippen LogP) is 14.6. The van der Waals surface area contributed by atoms with Crippen molar-refractivity contribution >= 4 is 96.1 Å². The topological polar surface area (TPSA) is 14.7 Å². The minimum Gasteiger partial charge on any atom is -0.311 e. The van der Waals surface area contributed by atoms with E-state index in [-0.39, 0.29) is 6.71 Å². The van der Waals surface area contributed by atoms with Crippen molar-refractivity contribution in [3.8, 4) is 16.8 Å². The molecule has 3 heterocycles. The molecule has 0 bridgehead atoms. The van der Waals surface area contributed by atoms with Gasteiger partial charge < -0.3 is 19.3 Å². The zero-order valence-corrected chi connectivity index (χ0v) is 37.4. The smallest absolute Gasteiger partial charge is 0.252 e. The highest BCUT2D eigenvalue weighted by molar-refractivity contribution is 7.00. The fourth-order valence-corrected chi connectivity index (χ4v) is 10.9. The highest BCUT2D eigenvalue weighted by atomic mass is 15.2. The SMILES string of the molecule is Cc1ccc(N2c3ccc(C)cc3B3c4ccc(N(c5ccccc5)c5cccc6c7ccccc7n(-c7ccccc7)c56)cc4N(c4ccc(-c5ccccc5)cc4)c4cccc2c43)cc1. The Morgan fingerprint density at radius 2 is 0.970 bits per heavy atom. The number of aromatic nitrogens is 1. The fourth-order valence-electron chi connectivity index (χ4n) is 10.9. The van der Waals surface area contributed by atoms with Crippen LogP contribution < -0.4 is 31.1 Å². The quantitative estimate of drug-likeness (QED) is 0.148. The fraction of sp³-hybridized carbons (Fsp3) is 0.0323. The number of rotatable bonds is 7. The Kier molecular flexibility index (Phi) is 9.04. The first-order valence-corrected chi connectivity index (χ1v) is 23.2. The Balaban J connectivity index is 1.08. The van der Waals surface area contributed by atoms with Crippen molar-refractivity contribution in [3.63, 3.8) is 0 Å². The summed E-state index contributed by atoms with van der Waals surface area (Å²) in [5.41, 5.74) is 22.5. The summed E-state index contributed by atoms with van der Waals surface area (Å²) in [6.07, 6.45) is 0. The maximum atomic E-state index is 2.52. The Morgan fingerprint density at radius 3 is 1.72 bits per heavy atom. The zero-order chi connectivity index (χ0) is 44.6. The molecule has 0 saturated heterocycles. The van der Waals surface area contributed by atoms with E-state index >= 15 is 0 Å². The molecule has 0 spiro atoms. The van der Waals surface area contributed by atoms with Crippen molar-refractivity contribution in [1.29, 1.82) is 0 Å². The summed E-state index contributed by atoms with van der Waals surface area (Å²) in [6, 6.07) is 87.1.